The van der Waals surface area contributed by atoms with Crippen LogP contribution in [0.15, 0.2) is 22.9 Å². The van der Waals surface area contributed by atoms with Crippen LogP contribution < -0.4 is 4.90 Å². The second kappa shape index (κ2) is 5.95. The van der Waals surface area contributed by atoms with Gasteiger partial charge in [-0.1, -0.05) is 5.16 Å². The number of aromatic nitrogens is 2. The predicted molar refractivity (Wildman–Crippen MR) is 80.3 cm³/mol. The smallest absolute Gasteiger partial charge is 0.254 e. The fourth-order valence-electron chi connectivity index (χ4n) is 2.05. The zero-order chi connectivity index (χ0) is 15.6. The summed E-state index contributed by atoms with van der Waals surface area (Å²) in [5, 5.41) is 3.91. The number of pyridine rings is 1. The van der Waals surface area contributed by atoms with Gasteiger partial charge in [0.05, 0.1) is 12.2 Å². The molecule has 0 N–H and O–H groups in total. The van der Waals surface area contributed by atoms with Crippen molar-refractivity contribution in [2.75, 3.05) is 26.0 Å². The summed E-state index contributed by atoms with van der Waals surface area (Å²) in [6.07, 6.45) is 1.65. The number of anilines is 1. The van der Waals surface area contributed by atoms with Crippen molar-refractivity contribution >= 4 is 11.7 Å². The fourth-order valence-corrected chi connectivity index (χ4v) is 2.05. The Bertz CT molecular complexity index is 629. The van der Waals surface area contributed by atoms with Crippen molar-refractivity contribution in [2.24, 2.45) is 0 Å². The summed E-state index contributed by atoms with van der Waals surface area (Å²) in [4.78, 5) is 20.2. The summed E-state index contributed by atoms with van der Waals surface area (Å²) in [7, 11) is 5.55. The van der Waals surface area contributed by atoms with Gasteiger partial charge < -0.3 is 14.3 Å². The van der Waals surface area contributed by atoms with Crippen molar-refractivity contribution in [3.63, 3.8) is 0 Å². The highest BCUT2D eigenvalue weighted by molar-refractivity contribution is 5.94. The van der Waals surface area contributed by atoms with Crippen LogP contribution in [0.2, 0.25) is 0 Å². The largest absolute Gasteiger partial charge is 0.363 e. The molecule has 112 valence electrons. The van der Waals surface area contributed by atoms with E-state index in [-0.39, 0.29) is 5.91 Å². The Morgan fingerprint density at radius 2 is 2.00 bits per heavy atom. The number of aryl methyl sites for hydroxylation is 2. The Morgan fingerprint density at radius 3 is 2.57 bits per heavy atom. The lowest BCUT2D eigenvalue weighted by atomic mass is 10.1. The molecule has 2 rings (SSSR count). The van der Waals surface area contributed by atoms with E-state index in [1.807, 2.05) is 32.8 Å². The summed E-state index contributed by atoms with van der Waals surface area (Å²) in [5.74, 6) is 1.45. The van der Waals surface area contributed by atoms with Crippen LogP contribution in [0, 0.1) is 13.8 Å². The number of carbonyl (C=O) groups excluding carboxylic acids is 1. The van der Waals surface area contributed by atoms with E-state index in [2.05, 4.69) is 10.1 Å². The normalized spacial score (nSPS) is 10.5. The fraction of sp³-hybridized carbons (Fsp3) is 0.400. The molecular weight excluding hydrogens is 268 g/mol. The van der Waals surface area contributed by atoms with Crippen molar-refractivity contribution in [1.82, 2.24) is 15.0 Å². The molecule has 0 saturated heterocycles. The minimum atomic E-state index is -0.0551. The summed E-state index contributed by atoms with van der Waals surface area (Å²) in [5.41, 5.74) is 2.38. The third kappa shape index (κ3) is 3.21. The SMILES string of the molecule is Cc1noc(C)c1CN(C)C(=O)c1ccnc(N(C)C)c1. The maximum Gasteiger partial charge on any atom is 0.254 e. The van der Waals surface area contributed by atoms with Gasteiger partial charge in [0.2, 0.25) is 0 Å². The van der Waals surface area contributed by atoms with Gasteiger partial charge in [0.25, 0.3) is 5.91 Å². The highest BCUT2D eigenvalue weighted by Crippen LogP contribution is 2.17. The van der Waals surface area contributed by atoms with Gasteiger partial charge >= 0.3 is 0 Å². The van der Waals surface area contributed by atoms with E-state index in [1.165, 1.54) is 0 Å². The third-order valence-corrected chi connectivity index (χ3v) is 3.37. The summed E-state index contributed by atoms with van der Waals surface area (Å²) in [6, 6.07) is 3.51. The van der Waals surface area contributed by atoms with Gasteiger partial charge in [0.15, 0.2) is 0 Å². The molecule has 21 heavy (non-hydrogen) atoms. The molecule has 2 aromatic heterocycles. The standard InChI is InChI=1S/C15H20N4O2/c1-10-13(11(2)21-17-10)9-19(5)15(20)12-6-7-16-14(8-12)18(3)4/h6-8H,9H2,1-5H3. The van der Waals surface area contributed by atoms with Gasteiger partial charge in [-0.15, -0.1) is 0 Å². The third-order valence-electron chi connectivity index (χ3n) is 3.37. The molecule has 6 nitrogen and oxygen atoms in total. The molecule has 0 fully saturated rings. The molecule has 0 aliphatic carbocycles. The van der Waals surface area contributed by atoms with Gasteiger partial charge in [-0.2, -0.15) is 0 Å². The van der Waals surface area contributed by atoms with E-state index in [9.17, 15) is 4.79 Å². The zero-order valence-corrected chi connectivity index (χ0v) is 13.0. The minimum Gasteiger partial charge on any atom is -0.363 e. The Balaban J connectivity index is 2.18. The summed E-state index contributed by atoms with van der Waals surface area (Å²) < 4.78 is 5.13. The van der Waals surface area contributed by atoms with Gasteiger partial charge in [0, 0.05) is 38.5 Å². The Labute approximate surface area is 124 Å². The van der Waals surface area contributed by atoms with Gasteiger partial charge in [-0.05, 0) is 26.0 Å². The van der Waals surface area contributed by atoms with Crippen LogP contribution in [0.25, 0.3) is 0 Å². The molecule has 0 unspecified atom stereocenters. The van der Waals surface area contributed by atoms with Crippen molar-refractivity contribution in [1.29, 1.82) is 0 Å². The predicted octanol–water partition coefficient (Wildman–Crippen LogP) is 2.02. The van der Waals surface area contributed by atoms with Crippen LogP contribution >= 0.6 is 0 Å². The number of rotatable bonds is 4. The summed E-state index contributed by atoms with van der Waals surface area (Å²) in [6.45, 7) is 4.20. The first kappa shape index (κ1) is 15.0. The van der Waals surface area contributed by atoms with E-state index < -0.39 is 0 Å². The zero-order valence-electron chi connectivity index (χ0n) is 13.0. The summed E-state index contributed by atoms with van der Waals surface area (Å²) >= 11 is 0. The lowest BCUT2D eigenvalue weighted by Gasteiger charge is -2.18. The van der Waals surface area contributed by atoms with Crippen molar-refractivity contribution < 1.29 is 9.32 Å². The molecule has 0 aliphatic rings. The van der Waals surface area contributed by atoms with Crippen LogP contribution in [0.1, 0.15) is 27.4 Å². The Morgan fingerprint density at radius 1 is 1.29 bits per heavy atom. The first-order valence-electron chi connectivity index (χ1n) is 6.70. The highest BCUT2D eigenvalue weighted by Gasteiger charge is 2.17. The molecule has 2 heterocycles. The monoisotopic (exact) mass is 288 g/mol. The van der Waals surface area contributed by atoms with Crippen LogP contribution in [-0.2, 0) is 6.54 Å². The first-order valence-corrected chi connectivity index (χ1v) is 6.70. The van der Waals surface area contributed by atoms with E-state index in [1.54, 1.807) is 30.3 Å². The van der Waals surface area contributed by atoms with E-state index in [0.717, 1.165) is 22.8 Å². The molecule has 2 aromatic rings. The van der Waals surface area contributed by atoms with Gasteiger partial charge in [0.1, 0.15) is 11.6 Å². The first-order chi connectivity index (χ1) is 9.90. The average Bonchev–Trinajstić information content (AvgIpc) is 2.78. The second-order valence-electron chi connectivity index (χ2n) is 5.26. The Hall–Kier alpha value is -2.37. The average molecular weight is 288 g/mol. The molecule has 0 bridgehead atoms. The topological polar surface area (TPSA) is 62.5 Å². The van der Waals surface area contributed by atoms with Crippen LogP contribution in [0.4, 0.5) is 5.82 Å². The van der Waals surface area contributed by atoms with E-state index in [4.69, 9.17) is 4.52 Å². The van der Waals surface area contributed by atoms with Gasteiger partial charge in [-0.3, -0.25) is 4.79 Å². The molecule has 1 amide bonds. The molecule has 0 atom stereocenters. The second-order valence-corrected chi connectivity index (χ2v) is 5.26. The van der Waals surface area contributed by atoms with Crippen molar-refractivity contribution in [2.45, 2.75) is 20.4 Å². The molecule has 0 spiro atoms. The number of carbonyl (C=O) groups is 1. The van der Waals surface area contributed by atoms with Crippen molar-refractivity contribution in [3.8, 4) is 0 Å². The van der Waals surface area contributed by atoms with Crippen LogP contribution in [0.3, 0.4) is 0 Å². The number of hydrogen-bond donors (Lipinski definition) is 0. The lowest BCUT2D eigenvalue weighted by molar-refractivity contribution is 0.0784. The van der Waals surface area contributed by atoms with Crippen LogP contribution in [0.5, 0.6) is 0 Å². The molecule has 0 saturated carbocycles. The van der Waals surface area contributed by atoms with Crippen LogP contribution in [-0.4, -0.2) is 42.1 Å². The van der Waals surface area contributed by atoms with E-state index in [0.29, 0.717) is 12.1 Å². The van der Waals surface area contributed by atoms with E-state index >= 15 is 0 Å². The van der Waals surface area contributed by atoms with Gasteiger partial charge in [-0.25, -0.2) is 4.98 Å². The minimum absolute atomic E-state index is 0.0551. The number of amides is 1. The molecule has 0 aliphatic heterocycles. The molecule has 6 heteroatoms. The Kier molecular flexibility index (Phi) is 4.26. The lowest BCUT2D eigenvalue weighted by Crippen LogP contribution is -2.27. The molecule has 0 aromatic carbocycles. The highest BCUT2D eigenvalue weighted by atomic mass is 16.5. The quantitative estimate of drug-likeness (QED) is 0.861. The number of hydrogen-bond acceptors (Lipinski definition) is 5. The maximum absolute atomic E-state index is 12.5. The van der Waals surface area contributed by atoms with Crippen molar-refractivity contribution in [3.05, 3.63) is 40.9 Å². The number of nitrogens with zero attached hydrogens (tertiary/aromatic N) is 4. The molecular formula is C15H20N4O2. The molecule has 0 radical (unpaired) electrons. The maximum atomic E-state index is 12.5.